The molecule has 1 fully saturated rings. The van der Waals surface area contributed by atoms with E-state index in [9.17, 15) is 9.59 Å². The number of benzene rings is 1. The van der Waals surface area contributed by atoms with E-state index in [4.69, 9.17) is 14.2 Å². The van der Waals surface area contributed by atoms with Crippen LogP contribution in [-0.2, 0) is 14.2 Å². The summed E-state index contributed by atoms with van der Waals surface area (Å²) < 4.78 is 15.0. The summed E-state index contributed by atoms with van der Waals surface area (Å²) in [7, 11) is 0. The number of ether oxygens (including phenoxy) is 3. The highest BCUT2D eigenvalue weighted by atomic mass is 16.6. The highest BCUT2D eigenvalue weighted by Gasteiger charge is 2.14. The summed E-state index contributed by atoms with van der Waals surface area (Å²) in [4.78, 5) is 29.4. The van der Waals surface area contributed by atoms with Crippen LogP contribution in [0.25, 0.3) is 0 Å². The summed E-state index contributed by atoms with van der Waals surface area (Å²) in [5.41, 5.74) is 1.62. The number of carbonyl (C=O) groups excluding carboxylic acids is 2. The highest BCUT2D eigenvalue weighted by Crippen LogP contribution is 2.17. The molecule has 25 heavy (non-hydrogen) atoms. The van der Waals surface area contributed by atoms with Crippen molar-refractivity contribution in [3.63, 3.8) is 0 Å². The second kappa shape index (κ2) is 9.63. The van der Waals surface area contributed by atoms with Crippen molar-refractivity contribution in [2.45, 2.75) is 13.8 Å². The Labute approximate surface area is 146 Å². The third kappa shape index (κ3) is 5.75. The van der Waals surface area contributed by atoms with Gasteiger partial charge in [0.15, 0.2) is 0 Å². The average Bonchev–Trinajstić information content (AvgIpc) is 2.62. The molecule has 1 aliphatic rings. The molecule has 8 heteroatoms. The molecule has 1 aromatic carbocycles. The Morgan fingerprint density at radius 1 is 1.12 bits per heavy atom. The van der Waals surface area contributed by atoms with Gasteiger partial charge in [-0.05, 0) is 38.1 Å². The Balaban J connectivity index is 2.17. The fourth-order valence-corrected chi connectivity index (χ4v) is 2.33. The fraction of sp³-hybridized carbons (Fsp3) is 0.471. The molecule has 1 saturated heterocycles. The second-order valence-corrected chi connectivity index (χ2v) is 5.15. The van der Waals surface area contributed by atoms with Gasteiger partial charge in [-0.25, -0.2) is 9.59 Å². The fourth-order valence-electron chi connectivity index (χ4n) is 2.33. The number of alkyl carbamates (subject to hydrolysis) is 1. The summed E-state index contributed by atoms with van der Waals surface area (Å²) in [5.74, 6) is 0.0884. The first kappa shape index (κ1) is 18.7. The summed E-state index contributed by atoms with van der Waals surface area (Å²) in [6, 6.07) is 7.40. The van der Waals surface area contributed by atoms with E-state index in [0.29, 0.717) is 18.8 Å². The maximum absolute atomic E-state index is 11.7. The van der Waals surface area contributed by atoms with Crippen LogP contribution in [0.4, 0.5) is 15.3 Å². The minimum absolute atomic E-state index is 0.0884. The zero-order valence-corrected chi connectivity index (χ0v) is 14.5. The molecule has 0 saturated carbocycles. The van der Waals surface area contributed by atoms with Gasteiger partial charge < -0.3 is 19.1 Å². The van der Waals surface area contributed by atoms with Crippen molar-refractivity contribution in [1.29, 1.82) is 0 Å². The lowest BCUT2D eigenvalue weighted by atomic mass is 10.1. The van der Waals surface area contributed by atoms with E-state index in [1.54, 1.807) is 26.0 Å². The Kier molecular flexibility index (Phi) is 7.21. The van der Waals surface area contributed by atoms with Crippen molar-refractivity contribution >= 4 is 23.7 Å². The molecule has 2 rings (SSSR count). The van der Waals surface area contributed by atoms with Crippen LogP contribution < -0.4 is 10.2 Å². The van der Waals surface area contributed by atoms with E-state index in [0.717, 1.165) is 18.8 Å². The molecule has 136 valence electrons. The number of amidine groups is 1. The van der Waals surface area contributed by atoms with Gasteiger partial charge in [-0.3, -0.25) is 5.32 Å². The number of hydrogen-bond acceptors (Lipinski definition) is 6. The Bertz CT molecular complexity index is 609. The van der Waals surface area contributed by atoms with Crippen molar-refractivity contribution in [2.24, 2.45) is 4.99 Å². The van der Waals surface area contributed by atoms with Crippen molar-refractivity contribution in [3.05, 3.63) is 29.8 Å². The van der Waals surface area contributed by atoms with Crippen LogP contribution in [0, 0.1) is 0 Å². The smallest absolute Gasteiger partial charge is 0.435 e. The number of nitrogens with zero attached hydrogens (tertiary/aromatic N) is 2. The van der Waals surface area contributed by atoms with Gasteiger partial charge in [0.05, 0.1) is 26.4 Å². The summed E-state index contributed by atoms with van der Waals surface area (Å²) in [5, 5.41) is 2.48. The first-order valence-corrected chi connectivity index (χ1v) is 8.26. The number of amides is 2. The summed E-state index contributed by atoms with van der Waals surface area (Å²) in [6.45, 7) is 6.83. The molecule has 0 unspecified atom stereocenters. The Morgan fingerprint density at radius 3 is 2.36 bits per heavy atom. The van der Waals surface area contributed by atoms with Crippen molar-refractivity contribution in [1.82, 2.24) is 5.32 Å². The predicted molar refractivity (Wildman–Crippen MR) is 93.2 cm³/mol. The lowest BCUT2D eigenvalue weighted by Crippen LogP contribution is -2.36. The average molecular weight is 349 g/mol. The molecule has 0 aliphatic carbocycles. The zero-order chi connectivity index (χ0) is 18.1. The van der Waals surface area contributed by atoms with Crippen molar-refractivity contribution in [2.75, 3.05) is 44.4 Å². The number of nitrogens with one attached hydrogen (secondary N) is 1. The van der Waals surface area contributed by atoms with Crippen LogP contribution in [0.5, 0.6) is 0 Å². The van der Waals surface area contributed by atoms with Crippen LogP contribution in [0.3, 0.4) is 0 Å². The minimum Gasteiger partial charge on any atom is -0.450 e. The monoisotopic (exact) mass is 349 g/mol. The number of rotatable bonds is 4. The van der Waals surface area contributed by atoms with E-state index in [-0.39, 0.29) is 19.0 Å². The third-order valence-electron chi connectivity index (χ3n) is 3.48. The van der Waals surface area contributed by atoms with Gasteiger partial charge in [-0.1, -0.05) is 0 Å². The summed E-state index contributed by atoms with van der Waals surface area (Å²) >= 11 is 0. The van der Waals surface area contributed by atoms with Crippen molar-refractivity contribution in [3.8, 4) is 0 Å². The molecule has 2 amide bonds. The van der Waals surface area contributed by atoms with Gasteiger partial charge in [0.25, 0.3) is 0 Å². The minimum atomic E-state index is -0.772. The first-order chi connectivity index (χ1) is 12.1. The van der Waals surface area contributed by atoms with E-state index < -0.39 is 12.2 Å². The van der Waals surface area contributed by atoms with Gasteiger partial charge in [0.1, 0.15) is 5.84 Å². The van der Waals surface area contributed by atoms with Crippen LogP contribution in [0.2, 0.25) is 0 Å². The molecule has 0 atom stereocenters. The number of aliphatic imine (C=N–C) groups is 1. The molecule has 8 nitrogen and oxygen atoms in total. The lowest BCUT2D eigenvalue weighted by molar-refractivity contribution is 0.122. The number of hydrogen-bond donors (Lipinski definition) is 1. The van der Waals surface area contributed by atoms with Gasteiger partial charge in [-0.2, -0.15) is 4.99 Å². The Morgan fingerprint density at radius 2 is 1.76 bits per heavy atom. The van der Waals surface area contributed by atoms with Gasteiger partial charge in [0.2, 0.25) is 0 Å². The third-order valence-corrected chi connectivity index (χ3v) is 3.48. The molecule has 0 radical (unpaired) electrons. The van der Waals surface area contributed by atoms with Gasteiger partial charge in [-0.15, -0.1) is 0 Å². The molecule has 1 N–H and O–H groups in total. The molecule has 0 spiro atoms. The van der Waals surface area contributed by atoms with Gasteiger partial charge >= 0.3 is 12.2 Å². The maximum Gasteiger partial charge on any atom is 0.435 e. The molecule has 0 bridgehead atoms. The largest absolute Gasteiger partial charge is 0.450 e. The molecule has 0 aromatic heterocycles. The van der Waals surface area contributed by atoms with Crippen LogP contribution >= 0.6 is 0 Å². The van der Waals surface area contributed by atoms with Crippen molar-refractivity contribution < 1.29 is 23.8 Å². The van der Waals surface area contributed by atoms with E-state index in [1.807, 2.05) is 12.1 Å². The van der Waals surface area contributed by atoms with Crippen LogP contribution in [-0.4, -0.2) is 57.5 Å². The van der Waals surface area contributed by atoms with E-state index in [1.165, 1.54) is 0 Å². The van der Waals surface area contributed by atoms with Crippen LogP contribution in [0.1, 0.15) is 19.4 Å². The number of anilines is 1. The zero-order valence-electron chi connectivity index (χ0n) is 14.5. The first-order valence-electron chi connectivity index (χ1n) is 8.26. The highest BCUT2D eigenvalue weighted by molar-refractivity contribution is 6.10. The quantitative estimate of drug-likeness (QED) is 0.662. The number of morpholine rings is 1. The Hall–Kier alpha value is -2.61. The molecule has 1 aromatic rings. The molecule has 1 aliphatic heterocycles. The number of carbonyl (C=O) groups is 2. The molecule has 1 heterocycles. The standard InChI is InChI=1S/C17H23N3O5/c1-3-24-16(21)18-15(19-17(22)25-4-2)13-5-7-14(8-6-13)20-9-11-23-12-10-20/h5-8H,3-4,9-12H2,1-2H3,(H,18,19,21,22). The van der Waals surface area contributed by atoms with Gasteiger partial charge in [0, 0.05) is 24.3 Å². The molecular formula is C17H23N3O5. The lowest BCUT2D eigenvalue weighted by Gasteiger charge is -2.28. The summed E-state index contributed by atoms with van der Waals surface area (Å²) in [6.07, 6.45) is -1.45. The topological polar surface area (TPSA) is 89.5 Å². The van der Waals surface area contributed by atoms with E-state index >= 15 is 0 Å². The maximum atomic E-state index is 11.7. The second-order valence-electron chi connectivity index (χ2n) is 5.15. The predicted octanol–water partition coefficient (Wildman–Crippen LogP) is 2.17. The normalized spacial score (nSPS) is 14.8. The molecular weight excluding hydrogens is 326 g/mol. The van der Waals surface area contributed by atoms with E-state index in [2.05, 4.69) is 15.2 Å². The SMILES string of the molecule is CCOC(=O)N=C(NC(=O)OCC)c1ccc(N2CCOCC2)cc1. The van der Waals surface area contributed by atoms with Crippen LogP contribution in [0.15, 0.2) is 29.3 Å².